The van der Waals surface area contributed by atoms with Gasteiger partial charge < -0.3 is 15.5 Å². The number of nitrogens with one attached hydrogen (secondary N) is 2. The van der Waals surface area contributed by atoms with Gasteiger partial charge in [-0.25, -0.2) is 9.78 Å². The Kier molecular flexibility index (Phi) is 3.79. The molecule has 8 heteroatoms. The van der Waals surface area contributed by atoms with E-state index in [0.29, 0.717) is 24.6 Å². The highest BCUT2D eigenvalue weighted by atomic mass is 16.2. The van der Waals surface area contributed by atoms with Crippen molar-refractivity contribution in [1.29, 1.82) is 0 Å². The Morgan fingerprint density at radius 2 is 2.16 bits per heavy atom. The number of nitrogens with zero attached hydrogens (tertiary/aromatic N) is 5. The highest BCUT2D eigenvalue weighted by Crippen LogP contribution is 2.10. The van der Waals surface area contributed by atoms with Crippen LogP contribution in [0.15, 0.2) is 12.4 Å². The van der Waals surface area contributed by atoms with Crippen molar-refractivity contribution in [3.8, 4) is 0 Å². The SMILES string of the molecule is Cc1nnc2c(NCCNC(=O)N(C)C)nccn12. The summed E-state index contributed by atoms with van der Waals surface area (Å²) in [5.41, 5.74) is 0.680. The summed E-state index contributed by atoms with van der Waals surface area (Å²) in [6.45, 7) is 2.95. The first-order chi connectivity index (χ1) is 9.09. The molecule has 2 heterocycles. The first-order valence-corrected chi connectivity index (χ1v) is 5.95. The van der Waals surface area contributed by atoms with Crippen LogP contribution >= 0.6 is 0 Å². The summed E-state index contributed by atoms with van der Waals surface area (Å²) in [5.74, 6) is 1.46. The van der Waals surface area contributed by atoms with E-state index in [1.165, 1.54) is 4.90 Å². The Balaban J connectivity index is 1.93. The van der Waals surface area contributed by atoms with E-state index in [2.05, 4.69) is 25.8 Å². The number of amides is 2. The smallest absolute Gasteiger partial charge is 0.316 e. The number of fused-ring (bicyclic) bond motifs is 1. The monoisotopic (exact) mass is 263 g/mol. The number of aromatic nitrogens is 4. The van der Waals surface area contributed by atoms with Gasteiger partial charge in [-0.15, -0.1) is 10.2 Å². The van der Waals surface area contributed by atoms with Crippen LogP contribution in [0.5, 0.6) is 0 Å². The van der Waals surface area contributed by atoms with Crippen LogP contribution in [0.4, 0.5) is 10.6 Å². The average Bonchev–Trinajstić information content (AvgIpc) is 2.77. The highest BCUT2D eigenvalue weighted by Gasteiger charge is 2.07. The lowest BCUT2D eigenvalue weighted by atomic mass is 10.5. The Labute approximate surface area is 110 Å². The molecule has 0 spiro atoms. The predicted molar refractivity (Wildman–Crippen MR) is 71.1 cm³/mol. The molecule has 0 aliphatic rings. The molecule has 2 aromatic heterocycles. The molecule has 0 atom stereocenters. The summed E-state index contributed by atoms with van der Waals surface area (Å²) in [4.78, 5) is 17.0. The summed E-state index contributed by atoms with van der Waals surface area (Å²) in [6, 6.07) is -0.119. The van der Waals surface area contributed by atoms with Gasteiger partial charge in [-0.2, -0.15) is 0 Å². The van der Waals surface area contributed by atoms with Crippen molar-refractivity contribution >= 4 is 17.5 Å². The summed E-state index contributed by atoms with van der Waals surface area (Å²) in [7, 11) is 3.40. The number of anilines is 1. The molecule has 0 radical (unpaired) electrons. The first-order valence-electron chi connectivity index (χ1n) is 5.95. The molecule has 0 fully saturated rings. The van der Waals surface area contributed by atoms with Crippen LogP contribution in [0.3, 0.4) is 0 Å². The van der Waals surface area contributed by atoms with E-state index in [4.69, 9.17) is 0 Å². The lowest BCUT2D eigenvalue weighted by Crippen LogP contribution is -2.37. The molecule has 8 nitrogen and oxygen atoms in total. The van der Waals surface area contributed by atoms with Crippen molar-refractivity contribution in [2.24, 2.45) is 0 Å². The zero-order valence-electron chi connectivity index (χ0n) is 11.2. The van der Waals surface area contributed by atoms with Crippen molar-refractivity contribution < 1.29 is 4.79 Å². The number of carbonyl (C=O) groups excluding carboxylic acids is 1. The number of hydrogen-bond acceptors (Lipinski definition) is 5. The summed E-state index contributed by atoms with van der Waals surface area (Å²) in [6.07, 6.45) is 3.49. The Bertz CT molecular complexity index is 577. The second-order valence-electron chi connectivity index (χ2n) is 4.27. The van der Waals surface area contributed by atoms with Crippen LogP contribution in [0.1, 0.15) is 5.82 Å². The molecule has 102 valence electrons. The third-order valence-corrected chi connectivity index (χ3v) is 2.60. The molecule has 2 aromatic rings. The molecule has 2 amide bonds. The minimum Gasteiger partial charge on any atom is -0.365 e. The van der Waals surface area contributed by atoms with Crippen LogP contribution in [0.2, 0.25) is 0 Å². The van der Waals surface area contributed by atoms with Crippen molar-refractivity contribution in [2.75, 3.05) is 32.5 Å². The van der Waals surface area contributed by atoms with Gasteiger partial charge in [0.15, 0.2) is 5.82 Å². The van der Waals surface area contributed by atoms with E-state index < -0.39 is 0 Å². The molecule has 2 N–H and O–H groups in total. The maximum Gasteiger partial charge on any atom is 0.316 e. The van der Waals surface area contributed by atoms with Gasteiger partial charge in [0.1, 0.15) is 5.82 Å². The topological polar surface area (TPSA) is 87.4 Å². The second-order valence-corrected chi connectivity index (χ2v) is 4.27. The number of aryl methyl sites for hydroxylation is 1. The highest BCUT2D eigenvalue weighted by molar-refractivity contribution is 5.73. The maximum atomic E-state index is 11.3. The van der Waals surface area contributed by atoms with Crippen LogP contribution in [-0.4, -0.2) is 57.7 Å². The Morgan fingerprint density at radius 3 is 2.89 bits per heavy atom. The van der Waals surface area contributed by atoms with E-state index in [-0.39, 0.29) is 6.03 Å². The molecular weight excluding hydrogens is 246 g/mol. The lowest BCUT2D eigenvalue weighted by molar-refractivity contribution is 0.218. The normalized spacial score (nSPS) is 10.5. The van der Waals surface area contributed by atoms with Crippen molar-refractivity contribution in [1.82, 2.24) is 29.8 Å². The van der Waals surface area contributed by atoms with Crippen molar-refractivity contribution in [2.45, 2.75) is 6.92 Å². The van der Waals surface area contributed by atoms with Gasteiger partial charge in [-0.3, -0.25) is 4.40 Å². The zero-order chi connectivity index (χ0) is 13.8. The first kappa shape index (κ1) is 13.1. The fourth-order valence-electron chi connectivity index (χ4n) is 1.57. The molecule has 0 saturated heterocycles. The molecule has 2 rings (SSSR count). The predicted octanol–water partition coefficient (Wildman–Crippen LogP) is 0.116. The maximum absolute atomic E-state index is 11.3. The third-order valence-electron chi connectivity index (χ3n) is 2.60. The van der Waals surface area contributed by atoms with Crippen LogP contribution in [-0.2, 0) is 0 Å². The van der Waals surface area contributed by atoms with Gasteiger partial charge in [0.05, 0.1) is 0 Å². The van der Waals surface area contributed by atoms with Gasteiger partial charge in [0.2, 0.25) is 5.65 Å². The van der Waals surface area contributed by atoms with Crippen LogP contribution in [0, 0.1) is 6.92 Å². The molecule has 19 heavy (non-hydrogen) atoms. The summed E-state index contributed by atoms with van der Waals surface area (Å²) >= 11 is 0. The Hall–Kier alpha value is -2.38. The van der Waals surface area contributed by atoms with E-state index in [1.54, 1.807) is 20.3 Å². The van der Waals surface area contributed by atoms with Crippen LogP contribution < -0.4 is 10.6 Å². The molecule has 0 aliphatic heterocycles. The zero-order valence-corrected chi connectivity index (χ0v) is 11.2. The fraction of sp³-hybridized carbons (Fsp3) is 0.455. The van der Waals surface area contributed by atoms with E-state index in [9.17, 15) is 4.79 Å². The van der Waals surface area contributed by atoms with Gasteiger partial charge in [0, 0.05) is 39.6 Å². The largest absolute Gasteiger partial charge is 0.365 e. The minimum atomic E-state index is -0.119. The van der Waals surface area contributed by atoms with Gasteiger partial charge in [-0.05, 0) is 6.92 Å². The van der Waals surface area contributed by atoms with E-state index in [0.717, 1.165) is 5.82 Å². The lowest BCUT2D eigenvalue weighted by Gasteiger charge is -2.12. The van der Waals surface area contributed by atoms with E-state index >= 15 is 0 Å². The standard InChI is InChI=1S/C11H17N7O/c1-8-15-16-10-9(13-6-7-18(8)10)12-4-5-14-11(19)17(2)3/h6-7H,4-5H2,1-3H3,(H,12,13)(H,14,19). The van der Waals surface area contributed by atoms with Gasteiger partial charge in [0.25, 0.3) is 0 Å². The van der Waals surface area contributed by atoms with Gasteiger partial charge in [-0.1, -0.05) is 0 Å². The van der Waals surface area contributed by atoms with Crippen molar-refractivity contribution in [3.05, 3.63) is 18.2 Å². The quantitative estimate of drug-likeness (QED) is 0.765. The molecule has 0 saturated carbocycles. The third kappa shape index (κ3) is 2.90. The van der Waals surface area contributed by atoms with Crippen LogP contribution in [0.25, 0.3) is 5.65 Å². The number of hydrogen-bond donors (Lipinski definition) is 2. The second kappa shape index (κ2) is 5.51. The fourth-order valence-corrected chi connectivity index (χ4v) is 1.57. The molecule has 0 bridgehead atoms. The summed E-state index contributed by atoms with van der Waals surface area (Å²) in [5, 5.41) is 13.9. The minimum absolute atomic E-state index is 0.119. The average molecular weight is 263 g/mol. The number of carbonyl (C=O) groups is 1. The molecular formula is C11H17N7O. The Morgan fingerprint density at radius 1 is 1.37 bits per heavy atom. The number of rotatable bonds is 4. The van der Waals surface area contributed by atoms with Crippen molar-refractivity contribution in [3.63, 3.8) is 0 Å². The number of urea groups is 1. The molecule has 0 aromatic carbocycles. The van der Waals surface area contributed by atoms with Gasteiger partial charge >= 0.3 is 6.03 Å². The molecule has 0 unspecified atom stereocenters. The van der Waals surface area contributed by atoms with E-state index in [1.807, 2.05) is 17.5 Å². The summed E-state index contributed by atoms with van der Waals surface area (Å²) < 4.78 is 1.85. The molecule has 0 aliphatic carbocycles.